The van der Waals surface area contributed by atoms with E-state index in [1.165, 1.54) is 0 Å². The molecule has 154 valence electrons. The molecule has 0 aromatic heterocycles. The van der Waals surface area contributed by atoms with Crippen LogP contribution in [0.15, 0.2) is 0 Å². The van der Waals surface area contributed by atoms with Crippen molar-refractivity contribution in [1.29, 1.82) is 0 Å². The van der Waals surface area contributed by atoms with Gasteiger partial charge in [-0.05, 0) is 12.8 Å². The van der Waals surface area contributed by atoms with Gasteiger partial charge in [-0.25, -0.2) is 9.59 Å². The molecule has 4 amide bonds. The summed E-state index contributed by atoms with van der Waals surface area (Å²) < 4.78 is 10.1. The first kappa shape index (κ1) is 24.4. The summed E-state index contributed by atoms with van der Waals surface area (Å²) in [5, 5.41) is 27.9. The number of ether oxygens (including phenoxy) is 2. The highest BCUT2D eigenvalue weighted by molar-refractivity contribution is 5.74. The zero-order chi connectivity index (χ0) is 19.3. The highest BCUT2D eigenvalue weighted by Crippen LogP contribution is 1.97. The van der Waals surface area contributed by atoms with Crippen LogP contribution in [-0.4, -0.2) is 88.1 Å². The molecule has 6 N–H and O–H groups in total. The van der Waals surface area contributed by atoms with Gasteiger partial charge in [0.05, 0.1) is 39.6 Å². The second kappa shape index (κ2) is 19.7. The van der Waals surface area contributed by atoms with Gasteiger partial charge >= 0.3 is 12.1 Å². The molecule has 0 unspecified atom stereocenters. The fraction of sp³-hybridized carbons (Fsp3) is 0.875. The van der Waals surface area contributed by atoms with Crippen LogP contribution in [0, 0.1) is 0 Å². The van der Waals surface area contributed by atoms with Gasteiger partial charge < -0.3 is 41.0 Å². The molecule has 0 rings (SSSR count). The Morgan fingerprint density at radius 2 is 0.962 bits per heavy atom. The third-order valence-electron chi connectivity index (χ3n) is 3.21. The number of aliphatic hydroxyl groups is 2. The second-order valence-corrected chi connectivity index (χ2v) is 5.45. The molecule has 10 nitrogen and oxygen atoms in total. The van der Waals surface area contributed by atoms with E-state index in [0.29, 0.717) is 39.4 Å². The van der Waals surface area contributed by atoms with Crippen LogP contribution >= 0.6 is 0 Å². The Hall–Kier alpha value is -1.62. The van der Waals surface area contributed by atoms with Crippen molar-refractivity contribution >= 4 is 12.1 Å². The number of carbonyl (C=O) groups excluding carboxylic acids is 2. The molecule has 0 saturated carbocycles. The zero-order valence-electron chi connectivity index (χ0n) is 15.4. The fourth-order valence-corrected chi connectivity index (χ4v) is 1.94. The highest BCUT2D eigenvalue weighted by Gasteiger charge is 2.00. The van der Waals surface area contributed by atoms with E-state index >= 15 is 0 Å². The van der Waals surface area contributed by atoms with Crippen LogP contribution in [0.4, 0.5) is 9.59 Å². The van der Waals surface area contributed by atoms with Crippen LogP contribution in [-0.2, 0) is 9.47 Å². The second-order valence-electron chi connectivity index (χ2n) is 5.45. The number of hydrogen-bond acceptors (Lipinski definition) is 6. The van der Waals surface area contributed by atoms with Gasteiger partial charge in [-0.3, -0.25) is 0 Å². The van der Waals surface area contributed by atoms with Gasteiger partial charge in [0.1, 0.15) is 0 Å². The van der Waals surface area contributed by atoms with Crippen LogP contribution in [0.1, 0.15) is 25.7 Å². The van der Waals surface area contributed by atoms with E-state index in [1.807, 2.05) is 0 Å². The lowest BCUT2D eigenvalue weighted by atomic mass is 10.2. The lowest BCUT2D eigenvalue weighted by Gasteiger charge is -2.09. The summed E-state index contributed by atoms with van der Waals surface area (Å²) >= 11 is 0. The Kier molecular flexibility index (Phi) is 18.5. The molecule has 0 bridgehead atoms. The number of rotatable bonds is 17. The van der Waals surface area contributed by atoms with Crippen molar-refractivity contribution in [3.05, 3.63) is 0 Å². The highest BCUT2D eigenvalue weighted by atomic mass is 16.5. The first-order chi connectivity index (χ1) is 12.7. The van der Waals surface area contributed by atoms with Gasteiger partial charge in [0.2, 0.25) is 0 Å². The molecule has 0 aromatic rings. The van der Waals surface area contributed by atoms with Crippen molar-refractivity contribution in [3.8, 4) is 0 Å². The van der Waals surface area contributed by atoms with E-state index < -0.39 is 0 Å². The third-order valence-corrected chi connectivity index (χ3v) is 3.21. The van der Waals surface area contributed by atoms with E-state index in [2.05, 4.69) is 21.3 Å². The maximum atomic E-state index is 11.4. The average Bonchev–Trinajstić information content (AvgIpc) is 2.63. The Morgan fingerprint density at radius 1 is 0.577 bits per heavy atom. The van der Waals surface area contributed by atoms with Crippen molar-refractivity contribution in [2.75, 3.05) is 65.8 Å². The number of hydrogen-bond donors (Lipinski definition) is 6. The summed E-state index contributed by atoms with van der Waals surface area (Å²) in [5.41, 5.74) is 0. The number of unbranched alkanes of at least 4 members (excludes halogenated alkanes) is 3. The molecule has 0 aliphatic rings. The fourth-order valence-electron chi connectivity index (χ4n) is 1.94. The maximum absolute atomic E-state index is 11.4. The van der Waals surface area contributed by atoms with E-state index in [-0.39, 0.29) is 38.5 Å². The van der Waals surface area contributed by atoms with Crippen molar-refractivity contribution in [1.82, 2.24) is 21.3 Å². The van der Waals surface area contributed by atoms with E-state index in [4.69, 9.17) is 19.7 Å². The molecule has 0 heterocycles. The van der Waals surface area contributed by atoms with Gasteiger partial charge in [-0.1, -0.05) is 12.8 Å². The zero-order valence-corrected chi connectivity index (χ0v) is 15.4. The summed E-state index contributed by atoms with van der Waals surface area (Å²) in [6.45, 7) is 3.29. The van der Waals surface area contributed by atoms with E-state index in [0.717, 1.165) is 25.7 Å². The Balaban J connectivity index is 3.25. The molecule has 0 spiro atoms. The maximum Gasteiger partial charge on any atom is 0.314 e. The lowest BCUT2D eigenvalue weighted by molar-refractivity contribution is 0.0947. The van der Waals surface area contributed by atoms with E-state index in [9.17, 15) is 9.59 Å². The molecule has 0 atom stereocenters. The lowest BCUT2D eigenvalue weighted by Crippen LogP contribution is -2.38. The van der Waals surface area contributed by atoms with Crippen LogP contribution in [0.2, 0.25) is 0 Å². The Bertz CT molecular complexity index is 315. The molecule has 26 heavy (non-hydrogen) atoms. The minimum absolute atomic E-state index is 0.0211. The van der Waals surface area contributed by atoms with Crippen LogP contribution in [0.25, 0.3) is 0 Å². The minimum atomic E-state index is -0.223. The van der Waals surface area contributed by atoms with Crippen LogP contribution in [0.3, 0.4) is 0 Å². The van der Waals surface area contributed by atoms with Gasteiger partial charge in [-0.15, -0.1) is 0 Å². The van der Waals surface area contributed by atoms with Gasteiger partial charge in [0, 0.05) is 26.2 Å². The van der Waals surface area contributed by atoms with Gasteiger partial charge in [-0.2, -0.15) is 0 Å². The molecule has 0 saturated heterocycles. The average molecular weight is 378 g/mol. The van der Waals surface area contributed by atoms with Crippen molar-refractivity contribution in [3.63, 3.8) is 0 Å². The molecular formula is C16H34N4O6. The van der Waals surface area contributed by atoms with Gasteiger partial charge in [0.25, 0.3) is 0 Å². The summed E-state index contributed by atoms with van der Waals surface area (Å²) in [6.07, 6.45) is 3.70. The summed E-state index contributed by atoms with van der Waals surface area (Å²) in [4.78, 5) is 22.9. The summed E-state index contributed by atoms with van der Waals surface area (Å²) in [6, 6.07) is -0.446. The molecule has 0 aliphatic heterocycles. The normalized spacial score (nSPS) is 10.4. The molecule has 0 aliphatic carbocycles. The monoisotopic (exact) mass is 378 g/mol. The summed E-state index contributed by atoms with van der Waals surface area (Å²) in [5.74, 6) is 0. The molecule has 0 radical (unpaired) electrons. The first-order valence-electron chi connectivity index (χ1n) is 9.11. The Labute approximate surface area is 155 Å². The van der Waals surface area contributed by atoms with Crippen LogP contribution < -0.4 is 21.3 Å². The largest absolute Gasteiger partial charge is 0.394 e. The molecule has 10 heteroatoms. The first-order valence-corrected chi connectivity index (χ1v) is 9.11. The van der Waals surface area contributed by atoms with Gasteiger partial charge in [0.15, 0.2) is 0 Å². The number of aliphatic hydroxyl groups excluding tert-OH is 2. The smallest absolute Gasteiger partial charge is 0.314 e. The Morgan fingerprint density at radius 3 is 1.35 bits per heavy atom. The number of carbonyl (C=O) groups is 2. The quantitative estimate of drug-likeness (QED) is 0.182. The summed E-state index contributed by atoms with van der Waals surface area (Å²) in [7, 11) is 0. The minimum Gasteiger partial charge on any atom is -0.394 e. The molecule has 0 fully saturated rings. The van der Waals surface area contributed by atoms with E-state index in [1.54, 1.807) is 0 Å². The SMILES string of the molecule is O=C(NCCCCCCNC(=O)NCCOCCO)NCCOCCO. The van der Waals surface area contributed by atoms with Crippen LogP contribution in [0.5, 0.6) is 0 Å². The topological polar surface area (TPSA) is 141 Å². The van der Waals surface area contributed by atoms with Crippen molar-refractivity contribution in [2.24, 2.45) is 0 Å². The number of urea groups is 2. The number of amides is 4. The third kappa shape index (κ3) is 18.7. The molecular weight excluding hydrogens is 344 g/mol. The van der Waals surface area contributed by atoms with Crippen molar-refractivity contribution < 1.29 is 29.3 Å². The van der Waals surface area contributed by atoms with Crippen molar-refractivity contribution in [2.45, 2.75) is 25.7 Å². The molecule has 0 aromatic carbocycles. The predicted molar refractivity (Wildman–Crippen MR) is 97.1 cm³/mol. The number of nitrogens with one attached hydrogen (secondary N) is 4. The standard InChI is InChI=1S/C16H34N4O6/c21-9-13-25-11-7-19-15(23)17-5-3-1-2-4-6-18-16(24)20-8-12-26-14-10-22/h21-22H,1-14H2,(H2,17,19,23)(H2,18,20,24). The predicted octanol–water partition coefficient (Wildman–Crippen LogP) is -0.837.